The van der Waals surface area contributed by atoms with E-state index in [1.807, 2.05) is 6.07 Å². The van der Waals surface area contributed by atoms with Crippen molar-refractivity contribution in [2.24, 2.45) is 0 Å². The van der Waals surface area contributed by atoms with Gasteiger partial charge < -0.3 is 5.32 Å². The molecule has 0 spiro atoms. The molecule has 1 N–H and O–H groups in total. The van der Waals surface area contributed by atoms with Crippen LogP contribution >= 0.6 is 0 Å². The number of nitriles is 1. The van der Waals surface area contributed by atoms with E-state index in [9.17, 15) is 4.39 Å². The van der Waals surface area contributed by atoms with E-state index >= 15 is 0 Å². The molecule has 0 radical (unpaired) electrons. The number of anilines is 1. The maximum absolute atomic E-state index is 12.5. The molecule has 74 valence electrons. The average Bonchev–Trinajstić information content (AvgIpc) is 2.19. The van der Waals surface area contributed by atoms with Gasteiger partial charge in [-0.2, -0.15) is 5.26 Å². The Morgan fingerprint density at radius 3 is 2.71 bits per heavy atom. The Morgan fingerprint density at radius 2 is 2.29 bits per heavy atom. The highest BCUT2D eigenvalue weighted by Crippen LogP contribution is 2.13. The summed E-state index contributed by atoms with van der Waals surface area (Å²) < 4.78 is 12.5. The summed E-state index contributed by atoms with van der Waals surface area (Å²) in [5.41, 5.74) is -0.130. The van der Waals surface area contributed by atoms with Gasteiger partial charge in [0, 0.05) is 6.20 Å². The quantitative estimate of drug-likeness (QED) is 0.799. The van der Waals surface area contributed by atoms with Gasteiger partial charge in [-0.3, -0.25) is 0 Å². The Balaban J connectivity index is 2.75. The smallest absolute Gasteiger partial charge is 0.126 e. The van der Waals surface area contributed by atoms with Crippen LogP contribution in [0.4, 0.5) is 10.2 Å². The number of halogens is 1. The third kappa shape index (κ3) is 2.70. The molecule has 0 saturated heterocycles. The zero-order chi connectivity index (χ0) is 10.6. The number of pyridine rings is 1. The molecule has 0 atom stereocenters. The third-order valence-electron chi connectivity index (χ3n) is 1.69. The molecule has 0 aromatic carbocycles. The molecule has 0 saturated carbocycles. The first-order valence-corrected chi connectivity index (χ1v) is 4.28. The molecule has 1 rings (SSSR count). The average molecular weight is 193 g/mol. The van der Waals surface area contributed by atoms with E-state index in [-0.39, 0.29) is 0 Å². The molecular formula is C10H12FN3. The number of hydrogen-bond acceptors (Lipinski definition) is 3. The van der Waals surface area contributed by atoms with E-state index in [4.69, 9.17) is 5.26 Å². The van der Waals surface area contributed by atoms with Gasteiger partial charge in [-0.1, -0.05) is 0 Å². The van der Waals surface area contributed by atoms with Crippen molar-refractivity contribution < 1.29 is 4.39 Å². The number of rotatable bonds is 3. The van der Waals surface area contributed by atoms with Crippen LogP contribution in [0.1, 0.15) is 19.4 Å². The van der Waals surface area contributed by atoms with E-state index in [0.29, 0.717) is 11.4 Å². The summed E-state index contributed by atoms with van der Waals surface area (Å²) in [5.74, 6) is 0.576. The minimum atomic E-state index is -0.624. The van der Waals surface area contributed by atoms with Gasteiger partial charge in [0.1, 0.15) is 18.6 Å². The summed E-state index contributed by atoms with van der Waals surface area (Å²) in [6.07, 6.45) is 1.46. The lowest BCUT2D eigenvalue weighted by molar-refractivity contribution is 0.374. The van der Waals surface area contributed by atoms with Gasteiger partial charge in [-0.05, 0) is 26.0 Å². The topological polar surface area (TPSA) is 48.7 Å². The Hall–Kier alpha value is -1.63. The van der Waals surface area contributed by atoms with Crippen LogP contribution < -0.4 is 5.32 Å². The van der Waals surface area contributed by atoms with E-state index in [1.54, 1.807) is 26.0 Å². The normalized spacial score (nSPS) is 10.7. The van der Waals surface area contributed by atoms with Crippen molar-refractivity contribution >= 4 is 5.82 Å². The highest BCUT2D eigenvalue weighted by atomic mass is 19.1. The number of nitrogens with one attached hydrogen (secondary N) is 1. The van der Waals surface area contributed by atoms with Crippen LogP contribution in [-0.4, -0.2) is 17.2 Å². The van der Waals surface area contributed by atoms with E-state index in [2.05, 4.69) is 10.3 Å². The Labute approximate surface area is 82.6 Å². The number of aromatic nitrogens is 1. The Kier molecular flexibility index (Phi) is 3.03. The van der Waals surface area contributed by atoms with Crippen LogP contribution in [-0.2, 0) is 0 Å². The van der Waals surface area contributed by atoms with E-state index in [1.165, 1.54) is 6.20 Å². The molecule has 0 fully saturated rings. The van der Waals surface area contributed by atoms with Crippen LogP contribution in [0.3, 0.4) is 0 Å². The van der Waals surface area contributed by atoms with Crippen LogP contribution in [0.5, 0.6) is 0 Å². The predicted molar refractivity (Wildman–Crippen MR) is 52.6 cm³/mol. The van der Waals surface area contributed by atoms with Gasteiger partial charge in [0.05, 0.1) is 11.1 Å². The second-order valence-electron chi connectivity index (χ2n) is 3.69. The molecule has 14 heavy (non-hydrogen) atoms. The summed E-state index contributed by atoms with van der Waals surface area (Å²) in [4.78, 5) is 3.98. The van der Waals surface area contributed by atoms with Crippen molar-refractivity contribution in [3.05, 3.63) is 23.9 Å². The zero-order valence-corrected chi connectivity index (χ0v) is 8.21. The van der Waals surface area contributed by atoms with Crippen molar-refractivity contribution in [1.29, 1.82) is 5.26 Å². The molecule has 0 bridgehead atoms. The summed E-state index contributed by atoms with van der Waals surface area (Å²) in [5, 5.41) is 11.5. The van der Waals surface area contributed by atoms with Gasteiger partial charge >= 0.3 is 0 Å². The molecule has 0 unspecified atom stereocenters. The summed E-state index contributed by atoms with van der Waals surface area (Å²) >= 11 is 0. The summed E-state index contributed by atoms with van der Waals surface area (Å²) in [7, 11) is 0. The summed E-state index contributed by atoms with van der Waals surface area (Å²) in [6.45, 7) is 3.01. The second kappa shape index (κ2) is 4.05. The molecule has 1 heterocycles. The molecule has 0 aliphatic rings. The standard InChI is InChI=1S/C10H12FN3/c1-10(2,7-11)14-9-4-3-8(5-12)6-13-9/h3-4,6H,7H2,1-2H3,(H,13,14). The van der Waals surface area contributed by atoms with Gasteiger partial charge in [-0.25, -0.2) is 9.37 Å². The number of nitrogens with zero attached hydrogens (tertiary/aromatic N) is 2. The largest absolute Gasteiger partial charge is 0.363 e. The molecule has 0 aliphatic carbocycles. The minimum Gasteiger partial charge on any atom is -0.363 e. The van der Waals surface area contributed by atoms with E-state index in [0.717, 1.165) is 0 Å². The first-order chi connectivity index (χ1) is 6.57. The summed E-state index contributed by atoms with van der Waals surface area (Å²) in [6, 6.07) is 5.27. The highest BCUT2D eigenvalue weighted by Gasteiger charge is 2.16. The van der Waals surface area contributed by atoms with Crippen molar-refractivity contribution in [3.63, 3.8) is 0 Å². The maximum Gasteiger partial charge on any atom is 0.126 e. The maximum atomic E-state index is 12.5. The van der Waals surface area contributed by atoms with Gasteiger partial charge in [-0.15, -0.1) is 0 Å². The van der Waals surface area contributed by atoms with Gasteiger partial charge in [0.25, 0.3) is 0 Å². The molecule has 0 aliphatic heterocycles. The van der Waals surface area contributed by atoms with E-state index < -0.39 is 12.2 Å². The molecule has 1 aromatic rings. The second-order valence-corrected chi connectivity index (χ2v) is 3.69. The van der Waals surface area contributed by atoms with Crippen molar-refractivity contribution in [2.75, 3.05) is 12.0 Å². The molecule has 1 aromatic heterocycles. The lowest BCUT2D eigenvalue weighted by atomic mass is 10.1. The minimum absolute atomic E-state index is 0.477. The first kappa shape index (κ1) is 10.5. The van der Waals surface area contributed by atoms with Crippen molar-refractivity contribution in [2.45, 2.75) is 19.4 Å². The van der Waals surface area contributed by atoms with Gasteiger partial charge in [0.15, 0.2) is 0 Å². The van der Waals surface area contributed by atoms with Crippen molar-refractivity contribution in [3.8, 4) is 6.07 Å². The van der Waals surface area contributed by atoms with Crippen LogP contribution in [0.2, 0.25) is 0 Å². The SMILES string of the molecule is CC(C)(CF)Nc1ccc(C#N)cn1. The molecular weight excluding hydrogens is 181 g/mol. The van der Waals surface area contributed by atoms with Crippen LogP contribution in [0.15, 0.2) is 18.3 Å². The monoisotopic (exact) mass is 193 g/mol. The fraction of sp³-hybridized carbons (Fsp3) is 0.400. The fourth-order valence-corrected chi connectivity index (χ4v) is 0.914. The highest BCUT2D eigenvalue weighted by molar-refractivity contribution is 5.40. The lowest BCUT2D eigenvalue weighted by Crippen LogP contribution is -2.33. The van der Waals surface area contributed by atoms with Crippen LogP contribution in [0.25, 0.3) is 0 Å². The first-order valence-electron chi connectivity index (χ1n) is 4.28. The third-order valence-corrected chi connectivity index (χ3v) is 1.69. The lowest BCUT2D eigenvalue weighted by Gasteiger charge is -2.22. The molecule has 4 heteroatoms. The Morgan fingerprint density at radius 1 is 1.57 bits per heavy atom. The Bertz CT molecular complexity index is 337. The zero-order valence-electron chi connectivity index (χ0n) is 8.21. The number of hydrogen-bond donors (Lipinski definition) is 1. The molecule has 3 nitrogen and oxygen atoms in total. The molecule has 0 amide bonds. The predicted octanol–water partition coefficient (Wildman–Crippen LogP) is 2.11. The van der Waals surface area contributed by atoms with Crippen molar-refractivity contribution in [1.82, 2.24) is 4.98 Å². The fourth-order valence-electron chi connectivity index (χ4n) is 0.914. The number of alkyl halides is 1. The van der Waals surface area contributed by atoms with Gasteiger partial charge in [0.2, 0.25) is 0 Å². The van der Waals surface area contributed by atoms with Crippen LogP contribution in [0, 0.1) is 11.3 Å².